The number of para-hydroxylation sites is 3. The Kier molecular flexibility index (Phi) is 10.3. The molecule has 6 nitrogen and oxygen atoms in total. The van der Waals surface area contributed by atoms with Gasteiger partial charge in [0.2, 0.25) is 0 Å². The molecule has 0 aliphatic carbocycles. The van der Waals surface area contributed by atoms with Crippen molar-refractivity contribution in [2.24, 2.45) is 0 Å². The summed E-state index contributed by atoms with van der Waals surface area (Å²) in [5.41, 5.74) is 6.95. The molecule has 0 bridgehead atoms. The van der Waals surface area contributed by atoms with Crippen LogP contribution in [0.2, 0.25) is 0 Å². The van der Waals surface area contributed by atoms with Crippen molar-refractivity contribution in [3.05, 3.63) is 88.0 Å². The van der Waals surface area contributed by atoms with Gasteiger partial charge < -0.3 is 13.6 Å². The van der Waals surface area contributed by atoms with E-state index in [1.54, 1.807) is 0 Å². The molecule has 210 valence electrons. The maximum Gasteiger partial charge on any atom is 0.399 e. The van der Waals surface area contributed by atoms with Crippen LogP contribution in [0.25, 0.3) is 0 Å². The third kappa shape index (κ3) is 6.28. The third-order valence-electron chi connectivity index (χ3n) is 7.14. The zero-order valence-electron chi connectivity index (χ0n) is 24.9. The first-order valence-corrected chi connectivity index (χ1v) is 17.8. The highest BCUT2D eigenvalue weighted by atomic mass is 31.3. The second kappa shape index (κ2) is 13.3. The predicted molar refractivity (Wildman–Crippen MR) is 172 cm³/mol. The summed E-state index contributed by atoms with van der Waals surface area (Å²) in [6.07, 6.45) is 0. The molecule has 0 spiro atoms. The van der Waals surface area contributed by atoms with E-state index >= 15 is 0 Å². The Labute approximate surface area is 239 Å². The predicted octanol–water partition coefficient (Wildman–Crippen LogP) is 8.93. The molecule has 0 aromatic heterocycles. The molecule has 1 saturated heterocycles. The highest BCUT2D eigenvalue weighted by Crippen LogP contribution is 2.76. The van der Waals surface area contributed by atoms with Crippen molar-refractivity contribution in [1.29, 1.82) is 0 Å². The smallest absolute Gasteiger partial charge is 0.307 e. The van der Waals surface area contributed by atoms with E-state index in [1.165, 1.54) is 0 Å². The Bertz CT molecular complexity index is 1060. The summed E-state index contributed by atoms with van der Waals surface area (Å²) in [4.78, 5) is 0. The largest absolute Gasteiger partial charge is 0.399 e. The van der Waals surface area contributed by atoms with Crippen LogP contribution < -0.4 is 13.6 Å². The lowest BCUT2D eigenvalue weighted by Gasteiger charge is -2.37. The van der Waals surface area contributed by atoms with Gasteiger partial charge in [-0.15, -0.1) is 0 Å². The summed E-state index contributed by atoms with van der Waals surface area (Å²) in [6.45, 7) is 22.0. The van der Waals surface area contributed by atoms with Gasteiger partial charge in [-0.25, -0.2) is 0 Å². The average Bonchev–Trinajstić information content (AvgIpc) is 2.90. The van der Waals surface area contributed by atoms with Crippen molar-refractivity contribution in [1.82, 2.24) is 13.3 Å². The van der Waals surface area contributed by atoms with Crippen LogP contribution in [0.5, 0.6) is 17.2 Å². The molecule has 1 aliphatic heterocycles. The van der Waals surface area contributed by atoms with E-state index in [9.17, 15) is 0 Å². The molecule has 9 heteroatoms. The van der Waals surface area contributed by atoms with Crippen molar-refractivity contribution >= 4 is 25.3 Å². The highest BCUT2D eigenvalue weighted by molar-refractivity contribution is 7.78. The Morgan fingerprint density at radius 1 is 0.436 bits per heavy atom. The lowest BCUT2D eigenvalue weighted by molar-refractivity contribution is 0.388. The maximum absolute atomic E-state index is 7.09. The Morgan fingerprint density at radius 3 is 0.821 bits per heavy atom. The molecule has 4 rings (SSSR count). The van der Waals surface area contributed by atoms with E-state index in [2.05, 4.69) is 130 Å². The minimum atomic E-state index is -1.69. The van der Waals surface area contributed by atoms with E-state index in [4.69, 9.17) is 13.6 Å². The molecule has 1 heterocycles. The van der Waals surface area contributed by atoms with Crippen LogP contribution in [-0.2, 0) is 0 Å². The Hall–Kier alpha value is -1.77. The van der Waals surface area contributed by atoms with Gasteiger partial charge in [0.1, 0.15) is 0 Å². The highest BCUT2D eigenvalue weighted by Gasteiger charge is 2.67. The molecule has 0 unspecified atom stereocenters. The van der Waals surface area contributed by atoms with Crippen LogP contribution in [0.15, 0.2) is 54.6 Å². The standard InChI is InChI=1S/C30H42N3O3P3/c1-10-31-37(34-28-22(4)16-13-17-23(28)5)32(11-2)39(36-30-26(8)20-15-21-27(30)9)33(12-3)38(31)35-29-24(6)18-14-19-25(29)7/h13-21H,10-12H2,1-9H3/p+3. The molecule has 3 aromatic rings. The van der Waals surface area contributed by atoms with Gasteiger partial charge in [-0.2, -0.15) is 0 Å². The molecule has 1 fully saturated rings. The zero-order chi connectivity index (χ0) is 28.3. The lowest BCUT2D eigenvalue weighted by Crippen LogP contribution is -2.40. The zero-order valence-corrected chi connectivity index (χ0v) is 27.9. The second-order valence-electron chi connectivity index (χ2n) is 10.0. The minimum Gasteiger partial charge on any atom is -0.307 e. The van der Waals surface area contributed by atoms with Gasteiger partial charge in [0.25, 0.3) is 0 Å². The molecular weight excluding hydrogens is 543 g/mol. The summed E-state index contributed by atoms with van der Waals surface area (Å²) in [5.74, 6) is 2.94. The van der Waals surface area contributed by atoms with Crippen LogP contribution in [0.1, 0.15) is 54.2 Å². The van der Waals surface area contributed by atoms with Crippen molar-refractivity contribution in [3.63, 3.8) is 0 Å². The number of nitrogens with zero attached hydrogens (tertiary/aromatic N) is 3. The van der Waals surface area contributed by atoms with E-state index in [0.29, 0.717) is 0 Å². The van der Waals surface area contributed by atoms with Gasteiger partial charge in [-0.3, -0.25) is 0 Å². The first-order valence-electron chi connectivity index (χ1n) is 13.9. The van der Waals surface area contributed by atoms with Crippen molar-refractivity contribution in [2.45, 2.75) is 62.3 Å². The summed E-state index contributed by atoms with van der Waals surface area (Å²) in [6, 6.07) is 19.1. The van der Waals surface area contributed by atoms with Gasteiger partial charge in [-0.1, -0.05) is 54.6 Å². The maximum atomic E-state index is 7.09. The second-order valence-corrected chi connectivity index (χ2v) is 16.9. The van der Waals surface area contributed by atoms with E-state index in [1.807, 2.05) is 0 Å². The number of benzene rings is 3. The molecule has 0 saturated carbocycles. The van der Waals surface area contributed by atoms with Gasteiger partial charge in [0.15, 0.2) is 17.2 Å². The summed E-state index contributed by atoms with van der Waals surface area (Å²) in [5, 5.41) is 0. The minimum absolute atomic E-state index is 0.837. The fourth-order valence-corrected chi connectivity index (χ4v) is 15.5. The van der Waals surface area contributed by atoms with E-state index < -0.39 is 25.3 Å². The SMILES string of the molecule is CCN1[PH+](Oc2c(C)cccc2C)N(CC)[PH+](Oc2c(C)cccc2C)N(CC)[PH+]1Oc1c(C)cccc1C. The van der Waals surface area contributed by atoms with Gasteiger partial charge in [0.05, 0.1) is 19.6 Å². The summed E-state index contributed by atoms with van der Waals surface area (Å²) >= 11 is 0. The van der Waals surface area contributed by atoms with Crippen LogP contribution in [0.4, 0.5) is 0 Å². The van der Waals surface area contributed by atoms with Crippen LogP contribution >= 0.6 is 25.3 Å². The molecule has 0 atom stereocenters. The normalized spacial score (nSPS) is 20.7. The van der Waals surface area contributed by atoms with Crippen LogP contribution in [0, 0.1) is 41.5 Å². The Morgan fingerprint density at radius 2 is 0.641 bits per heavy atom. The third-order valence-corrected chi connectivity index (χ3v) is 16.4. The van der Waals surface area contributed by atoms with Crippen molar-refractivity contribution < 1.29 is 13.6 Å². The monoisotopic (exact) mass is 588 g/mol. The molecule has 3 aromatic carbocycles. The molecule has 0 N–H and O–H groups in total. The van der Waals surface area contributed by atoms with E-state index in [-0.39, 0.29) is 0 Å². The molecule has 0 radical (unpaired) electrons. The van der Waals surface area contributed by atoms with Gasteiger partial charge in [0, 0.05) is 13.3 Å². The van der Waals surface area contributed by atoms with Gasteiger partial charge in [-0.05, 0) is 95.7 Å². The summed E-state index contributed by atoms with van der Waals surface area (Å²) in [7, 11) is -5.06. The van der Waals surface area contributed by atoms with Gasteiger partial charge >= 0.3 is 25.3 Å². The fourth-order valence-electron chi connectivity index (χ4n) is 4.98. The molecule has 39 heavy (non-hydrogen) atoms. The number of hydrogen-bond acceptors (Lipinski definition) is 6. The molecular formula is C30H45N3O3P3+3. The first kappa shape index (κ1) is 30.2. The summed E-state index contributed by atoms with van der Waals surface area (Å²) < 4.78 is 28.8. The van der Waals surface area contributed by atoms with Crippen LogP contribution in [-0.4, -0.2) is 33.0 Å². The number of hydrogen-bond donors (Lipinski definition) is 0. The quantitative estimate of drug-likeness (QED) is 0.232. The number of rotatable bonds is 9. The lowest BCUT2D eigenvalue weighted by atomic mass is 10.1. The number of aryl methyl sites for hydroxylation is 6. The molecule has 1 aliphatic rings. The molecule has 0 amide bonds. The Balaban J connectivity index is 1.85. The average molecular weight is 589 g/mol. The van der Waals surface area contributed by atoms with Crippen LogP contribution in [0.3, 0.4) is 0 Å². The first-order chi connectivity index (χ1) is 18.7. The fraction of sp³-hybridized carbons (Fsp3) is 0.400. The van der Waals surface area contributed by atoms with Crippen molar-refractivity contribution in [3.8, 4) is 17.2 Å². The van der Waals surface area contributed by atoms with Crippen molar-refractivity contribution in [2.75, 3.05) is 19.6 Å². The topological polar surface area (TPSA) is 37.4 Å². The van der Waals surface area contributed by atoms with E-state index in [0.717, 1.165) is 70.3 Å².